The fourth-order valence-electron chi connectivity index (χ4n) is 2.06. The van der Waals surface area contributed by atoms with Crippen LogP contribution < -0.4 is 16.2 Å². The molecule has 0 radical (unpaired) electrons. The van der Waals surface area contributed by atoms with Crippen molar-refractivity contribution < 1.29 is 24.4 Å². The van der Waals surface area contributed by atoms with Crippen LogP contribution in [-0.2, 0) is 0 Å². The van der Waals surface area contributed by atoms with Crippen molar-refractivity contribution in [3.05, 3.63) is 83.9 Å². The zero-order chi connectivity index (χ0) is 22.4. The van der Waals surface area contributed by atoms with Crippen LogP contribution in [-0.4, -0.2) is 31.7 Å². The maximum atomic E-state index is 12.2. The van der Waals surface area contributed by atoms with E-state index >= 15 is 0 Å². The Hall–Kier alpha value is -4.53. The molecule has 0 saturated carbocycles. The van der Waals surface area contributed by atoms with E-state index in [1.165, 1.54) is 12.1 Å². The molecule has 2 rings (SSSR count). The van der Waals surface area contributed by atoms with Crippen LogP contribution in [0.2, 0.25) is 0 Å². The molecule has 0 atom stereocenters. The lowest BCUT2D eigenvalue weighted by Gasteiger charge is -2.10. The number of nitrogens with zero attached hydrogens (tertiary/aromatic N) is 3. The fourth-order valence-corrected chi connectivity index (χ4v) is 2.21. The van der Waals surface area contributed by atoms with Crippen LogP contribution in [0.3, 0.4) is 0 Å². The predicted molar refractivity (Wildman–Crippen MR) is 104 cm³/mol. The Kier molecular flexibility index (Phi) is 6.61. The van der Waals surface area contributed by atoms with Gasteiger partial charge in [0.05, 0.1) is 26.4 Å². The smallest absolute Gasteiger partial charge is 0.277 e. The average molecular weight is 434 g/mol. The van der Waals surface area contributed by atoms with E-state index in [2.05, 4.69) is 16.2 Å². The van der Waals surface area contributed by atoms with Gasteiger partial charge in [0.1, 0.15) is 0 Å². The van der Waals surface area contributed by atoms with E-state index in [-0.39, 0.29) is 11.3 Å². The molecular weight excluding hydrogens is 424 g/mol. The van der Waals surface area contributed by atoms with Crippen molar-refractivity contribution in [2.24, 2.45) is 0 Å². The Labute approximate surface area is 171 Å². The highest BCUT2D eigenvalue weighted by atomic mass is 32.1. The fraction of sp³-hybridized carbons (Fsp3) is 0. The van der Waals surface area contributed by atoms with Crippen molar-refractivity contribution >= 4 is 46.2 Å². The maximum absolute atomic E-state index is 12.2. The Morgan fingerprint density at radius 2 is 1.20 bits per heavy atom. The van der Waals surface area contributed by atoms with Gasteiger partial charge in [-0.15, -0.1) is 0 Å². The highest BCUT2D eigenvalue weighted by molar-refractivity contribution is 7.80. The summed E-state index contributed by atoms with van der Waals surface area (Å²) in [5.41, 5.74) is 2.43. The number of hydrogen-bond donors (Lipinski definition) is 3. The van der Waals surface area contributed by atoms with Crippen LogP contribution in [0, 0.1) is 30.3 Å². The third-order valence-electron chi connectivity index (χ3n) is 3.44. The third kappa shape index (κ3) is 5.49. The zero-order valence-corrected chi connectivity index (χ0v) is 15.4. The molecule has 0 fully saturated rings. The number of thiocarbonyl (C=S) groups is 1. The van der Waals surface area contributed by atoms with E-state index in [4.69, 9.17) is 12.2 Å². The molecule has 0 bridgehead atoms. The van der Waals surface area contributed by atoms with Crippen molar-refractivity contribution in [3.63, 3.8) is 0 Å². The Bertz CT molecular complexity index is 1040. The average Bonchev–Trinajstić information content (AvgIpc) is 2.71. The normalized spacial score (nSPS) is 9.87. The number of carbonyl (C=O) groups excluding carboxylic acids is 2. The molecule has 0 spiro atoms. The van der Waals surface area contributed by atoms with Crippen LogP contribution in [0.1, 0.15) is 20.7 Å². The second-order valence-electron chi connectivity index (χ2n) is 5.42. The first kappa shape index (κ1) is 21.8. The van der Waals surface area contributed by atoms with Gasteiger partial charge < -0.3 is 0 Å². The highest BCUT2D eigenvalue weighted by Crippen LogP contribution is 2.22. The summed E-state index contributed by atoms with van der Waals surface area (Å²) < 4.78 is 0. The second-order valence-corrected chi connectivity index (χ2v) is 5.83. The maximum Gasteiger partial charge on any atom is 0.277 e. The van der Waals surface area contributed by atoms with Crippen molar-refractivity contribution in [2.45, 2.75) is 0 Å². The predicted octanol–water partition coefficient (Wildman–Crippen LogP) is 1.36. The van der Waals surface area contributed by atoms with Crippen LogP contribution in [0.4, 0.5) is 17.1 Å². The molecular formula is C15H10N6O8S. The monoisotopic (exact) mass is 434 g/mol. The van der Waals surface area contributed by atoms with Gasteiger partial charge in [-0.1, -0.05) is 0 Å². The number of nitrogens with one attached hydrogen (secondary N) is 3. The minimum Gasteiger partial charge on any atom is -0.298 e. The number of carbonyl (C=O) groups is 2. The summed E-state index contributed by atoms with van der Waals surface area (Å²) >= 11 is 4.81. The third-order valence-corrected chi connectivity index (χ3v) is 3.65. The van der Waals surface area contributed by atoms with E-state index in [0.29, 0.717) is 6.07 Å². The molecule has 3 N–H and O–H groups in total. The summed E-state index contributed by atoms with van der Waals surface area (Å²) in [4.78, 5) is 54.0. The summed E-state index contributed by atoms with van der Waals surface area (Å²) in [5, 5.41) is 34.0. The number of hydrogen-bond acceptors (Lipinski definition) is 9. The lowest BCUT2D eigenvalue weighted by molar-refractivity contribution is -0.394. The van der Waals surface area contributed by atoms with Crippen molar-refractivity contribution in [1.29, 1.82) is 0 Å². The molecule has 0 saturated heterocycles. The number of hydrazine groups is 1. The largest absolute Gasteiger partial charge is 0.298 e. The SMILES string of the molecule is O=C(NNC(=S)NC(=O)c1cc([N+](=O)[O-])cc([N+](=O)[O-])c1)c1ccc([N+](=O)[O-])cc1. The number of amides is 2. The minimum atomic E-state index is -0.996. The van der Waals surface area contributed by atoms with Gasteiger partial charge in [-0.25, -0.2) is 0 Å². The summed E-state index contributed by atoms with van der Waals surface area (Å²) in [5.74, 6) is -1.73. The molecule has 154 valence electrons. The van der Waals surface area contributed by atoms with E-state index in [1.807, 2.05) is 0 Å². The molecule has 0 unspecified atom stereocenters. The summed E-state index contributed by atoms with van der Waals surface area (Å²) in [6, 6.07) is 6.95. The van der Waals surface area contributed by atoms with Crippen molar-refractivity contribution in [1.82, 2.24) is 16.2 Å². The van der Waals surface area contributed by atoms with Gasteiger partial charge in [-0.05, 0) is 24.4 Å². The number of non-ortho nitro benzene ring substituents is 3. The minimum absolute atomic E-state index is 0.0523. The first-order valence-electron chi connectivity index (χ1n) is 7.68. The second kappa shape index (κ2) is 9.11. The van der Waals surface area contributed by atoms with Gasteiger partial charge in [0.15, 0.2) is 5.11 Å². The number of rotatable bonds is 5. The number of nitro benzene ring substituents is 3. The lowest BCUT2D eigenvalue weighted by atomic mass is 10.1. The van der Waals surface area contributed by atoms with Crippen LogP contribution in [0.5, 0.6) is 0 Å². The molecule has 0 aliphatic heterocycles. The molecule has 2 aromatic carbocycles. The molecule has 0 aliphatic rings. The van der Waals surface area contributed by atoms with Crippen molar-refractivity contribution in [3.8, 4) is 0 Å². The Balaban J connectivity index is 2.01. The van der Waals surface area contributed by atoms with Gasteiger partial charge >= 0.3 is 0 Å². The standard InChI is InChI=1S/C15H10N6O8S/c22-13(9-5-11(20(26)27)7-12(6-9)21(28)29)16-15(30)18-17-14(23)8-1-3-10(4-2-8)19(24)25/h1-7H,(H,17,23)(H2,16,18,22,30). The molecule has 0 aromatic heterocycles. The van der Waals surface area contributed by atoms with Gasteiger partial charge in [0, 0.05) is 29.8 Å². The molecule has 30 heavy (non-hydrogen) atoms. The van der Waals surface area contributed by atoms with Gasteiger partial charge in [-0.2, -0.15) is 0 Å². The Morgan fingerprint density at radius 3 is 1.67 bits per heavy atom. The molecule has 2 amide bonds. The van der Waals surface area contributed by atoms with E-state index in [1.54, 1.807) is 0 Å². The number of nitro groups is 3. The van der Waals surface area contributed by atoms with E-state index in [0.717, 1.165) is 24.3 Å². The summed E-state index contributed by atoms with van der Waals surface area (Å²) in [6.07, 6.45) is 0. The van der Waals surface area contributed by atoms with E-state index in [9.17, 15) is 39.9 Å². The summed E-state index contributed by atoms with van der Waals surface area (Å²) in [6.45, 7) is 0. The topological polar surface area (TPSA) is 200 Å². The van der Waals surface area contributed by atoms with Gasteiger partial charge in [0.2, 0.25) is 0 Å². The van der Waals surface area contributed by atoms with Crippen LogP contribution >= 0.6 is 12.2 Å². The first-order chi connectivity index (χ1) is 14.1. The lowest BCUT2D eigenvalue weighted by Crippen LogP contribution is -2.48. The van der Waals surface area contributed by atoms with E-state index < -0.39 is 48.6 Å². The van der Waals surface area contributed by atoms with Gasteiger partial charge in [0.25, 0.3) is 28.9 Å². The van der Waals surface area contributed by atoms with Crippen LogP contribution in [0.25, 0.3) is 0 Å². The first-order valence-corrected chi connectivity index (χ1v) is 8.09. The zero-order valence-electron chi connectivity index (χ0n) is 14.6. The van der Waals surface area contributed by atoms with Gasteiger partial charge in [-0.3, -0.25) is 56.1 Å². The highest BCUT2D eigenvalue weighted by Gasteiger charge is 2.20. The quantitative estimate of drug-likeness (QED) is 0.350. The molecule has 0 heterocycles. The molecule has 0 aliphatic carbocycles. The van der Waals surface area contributed by atoms with Crippen LogP contribution in [0.15, 0.2) is 42.5 Å². The molecule has 15 heteroatoms. The van der Waals surface area contributed by atoms with Crippen molar-refractivity contribution in [2.75, 3.05) is 0 Å². The summed E-state index contributed by atoms with van der Waals surface area (Å²) in [7, 11) is 0. The molecule has 14 nitrogen and oxygen atoms in total. The number of benzene rings is 2. The Morgan fingerprint density at radius 1 is 0.700 bits per heavy atom. The molecule has 2 aromatic rings.